The molecule has 7 heteroatoms. The van der Waals surface area contributed by atoms with Crippen LogP contribution in [0.5, 0.6) is 0 Å². The predicted molar refractivity (Wildman–Crippen MR) is 59.7 cm³/mol. The van der Waals surface area contributed by atoms with Crippen molar-refractivity contribution in [2.45, 2.75) is 0 Å². The molecule has 0 radical (unpaired) electrons. The van der Waals surface area contributed by atoms with Gasteiger partial charge in [-0.2, -0.15) is 0 Å². The first-order valence-electron chi connectivity index (χ1n) is 3.88. The van der Waals surface area contributed by atoms with Crippen LogP contribution in [0.3, 0.4) is 0 Å². The third kappa shape index (κ3) is 2.18. The average molecular weight is 286 g/mol. The Labute approximate surface area is 97.1 Å². The van der Waals surface area contributed by atoms with E-state index in [0.29, 0.717) is 11.4 Å². The van der Waals surface area contributed by atoms with E-state index in [-0.39, 0.29) is 5.69 Å². The highest BCUT2D eigenvalue weighted by molar-refractivity contribution is 9.11. The first-order valence-corrected chi connectivity index (χ1v) is 5.56. The summed E-state index contributed by atoms with van der Waals surface area (Å²) in [6, 6.07) is 3.00. The van der Waals surface area contributed by atoms with Gasteiger partial charge in [-0.25, -0.2) is 9.97 Å². The van der Waals surface area contributed by atoms with E-state index in [1.807, 2.05) is 5.38 Å². The molecule has 0 atom stereocenters. The fraction of sp³-hybridized carbons (Fsp3) is 0. The minimum atomic E-state index is -0.478. The van der Waals surface area contributed by atoms with Crippen molar-refractivity contribution in [2.75, 3.05) is 0 Å². The van der Waals surface area contributed by atoms with Crippen molar-refractivity contribution in [3.05, 3.63) is 37.7 Å². The zero-order chi connectivity index (χ0) is 10.8. The minimum Gasteiger partial charge on any atom is -0.258 e. The summed E-state index contributed by atoms with van der Waals surface area (Å²) in [5, 5.41) is 12.2. The SMILES string of the molecule is O=[N+]([O-])c1ccc(-c2csc(Br)n2)nc1. The van der Waals surface area contributed by atoms with Gasteiger partial charge in [-0.15, -0.1) is 11.3 Å². The monoisotopic (exact) mass is 285 g/mol. The number of halogens is 1. The number of hydrogen-bond acceptors (Lipinski definition) is 5. The maximum absolute atomic E-state index is 10.4. The Hall–Kier alpha value is -1.34. The Bertz CT molecular complexity index is 497. The summed E-state index contributed by atoms with van der Waals surface area (Å²) in [6.45, 7) is 0. The topological polar surface area (TPSA) is 68.9 Å². The third-order valence-electron chi connectivity index (χ3n) is 1.70. The van der Waals surface area contributed by atoms with Crippen LogP contribution < -0.4 is 0 Å². The largest absolute Gasteiger partial charge is 0.287 e. The Morgan fingerprint density at radius 3 is 2.67 bits per heavy atom. The van der Waals surface area contributed by atoms with Crippen LogP contribution in [0, 0.1) is 10.1 Å². The van der Waals surface area contributed by atoms with Gasteiger partial charge in [0.1, 0.15) is 11.9 Å². The van der Waals surface area contributed by atoms with Gasteiger partial charge >= 0.3 is 0 Å². The summed E-state index contributed by atoms with van der Waals surface area (Å²) in [7, 11) is 0. The smallest absolute Gasteiger partial charge is 0.258 e. The molecule has 0 fully saturated rings. The normalized spacial score (nSPS) is 10.2. The molecular formula is C8H4BrN3O2S. The highest BCUT2D eigenvalue weighted by Crippen LogP contribution is 2.24. The van der Waals surface area contributed by atoms with E-state index in [2.05, 4.69) is 25.9 Å². The van der Waals surface area contributed by atoms with Crippen LogP contribution in [0.2, 0.25) is 0 Å². The van der Waals surface area contributed by atoms with E-state index >= 15 is 0 Å². The van der Waals surface area contributed by atoms with Gasteiger partial charge in [0.05, 0.1) is 10.6 Å². The number of aromatic nitrogens is 2. The number of rotatable bonds is 2. The van der Waals surface area contributed by atoms with E-state index in [1.54, 1.807) is 6.07 Å². The summed E-state index contributed by atoms with van der Waals surface area (Å²) in [5.74, 6) is 0. The van der Waals surface area contributed by atoms with Gasteiger partial charge in [-0.1, -0.05) is 0 Å². The zero-order valence-electron chi connectivity index (χ0n) is 7.25. The predicted octanol–water partition coefficient (Wildman–Crippen LogP) is 2.88. The summed E-state index contributed by atoms with van der Waals surface area (Å²) in [6.07, 6.45) is 1.22. The Kier molecular flexibility index (Phi) is 2.74. The second-order valence-electron chi connectivity index (χ2n) is 2.64. The standard InChI is InChI=1S/C8H4BrN3O2S/c9-8-11-7(4-15-8)6-2-1-5(3-10-6)12(13)14/h1-4H. The third-order valence-corrected chi connectivity index (χ3v) is 3.06. The van der Waals surface area contributed by atoms with E-state index in [1.165, 1.54) is 23.6 Å². The van der Waals surface area contributed by atoms with Gasteiger partial charge < -0.3 is 0 Å². The van der Waals surface area contributed by atoms with E-state index < -0.39 is 4.92 Å². The summed E-state index contributed by atoms with van der Waals surface area (Å²) in [5.41, 5.74) is 1.32. The highest BCUT2D eigenvalue weighted by atomic mass is 79.9. The molecule has 0 aliphatic carbocycles. The first kappa shape index (κ1) is 10.2. The molecule has 15 heavy (non-hydrogen) atoms. The molecule has 0 bridgehead atoms. The number of nitrogens with zero attached hydrogens (tertiary/aromatic N) is 3. The lowest BCUT2D eigenvalue weighted by molar-refractivity contribution is -0.385. The van der Waals surface area contributed by atoms with Crippen molar-refractivity contribution < 1.29 is 4.92 Å². The summed E-state index contributed by atoms with van der Waals surface area (Å²) in [4.78, 5) is 18.0. The van der Waals surface area contributed by atoms with Crippen LogP contribution in [0.15, 0.2) is 27.6 Å². The Morgan fingerprint density at radius 1 is 1.40 bits per heavy atom. The lowest BCUT2D eigenvalue weighted by atomic mass is 10.3. The fourth-order valence-corrected chi connectivity index (χ4v) is 2.02. The van der Waals surface area contributed by atoms with Crippen LogP contribution in [-0.4, -0.2) is 14.9 Å². The van der Waals surface area contributed by atoms with Crippen LogP contribution in [0.1, 0.15) is 0 Å². The van der Waals surface area contributed by atoms with Crippen LogP contribution in [0.25, 0.3) is 11.4 Å². The molecule has 0 saturated heterocycles. The van der Waals surface area contributed by atoms with Gasteiger partial charge in [0.2, 0.25) is 0 Å². The number of nitro groups is 1. The lowest BCUT2D eigenvalue weighted by Crippen LogP contribution is -1.90. The van der Waals surface area contributed by atoms with Gasteiger partial charge in [0, 0.05) is 11.4 Å². The van der Waals surface area contributed by atoms with E-state index in [9.17, 15) is 10.1 Å². The average Bonchev–Trinajstić information content (AvgIpc) is 2.65. The molecule has 2 aromatic rings. The van der Waals surface area contributed by atoms with Gasteiger partial charge in [-0.3, -0.25) is 10.1 Å². The van der Waals surface area contributed by atoms with Gasteiger partial charge in [0.25, 0.3) is 5.69 Å². The molecule has 0 spiro atoms. The van der Waals surface area contributed by atoms with Crippen LogP contribution >= 0.6 is 27.3 Å². The quantitative estimate of drug-likeness (QED) is 0.628. The number of pyridine rings is 1. The second kappa shape index (κ2) is 4.03. The molecule has 2 rings (SSSR count). The molecule has 0 aliphatic heterocycles. The lowest BCUT2D eigenvalue weighted by Gasteiger charge is -1.94. The maximum Gasteiger partial charge on any atom is 0.287 e. The molecule has 0 N–H and O–H groups in total. The van der Waals surface area contributed by atoms with Gasteiger partial charge in [0.15, 0.2) is 3.92 Å². The minimum absolute atomic E-state index is 0.0203. The van der Waals surface area contributed by atoms with Crippen molar-refractivity contribution in [1.82, 2.24) is 9.97 Å². The molecule has 76 valence electrons. The Balaban J connectivity index is 2.35. The highest BCUT2D eigenvalue weighted by Gasteiger charge is 2.08. The van der Waals surface area contributed by atoms with Crippen LogP contribution in [-0.2, 0) is 0 Å². The van der Waals surface area contributed by atoms with Crippen molar-refractivity contribution in [3.8, 4) is 11.4 Å². The van der Waals surface area contributed by atoms with Crippen molar-refractivity contribution in [3.63, 3.8) is 0 Å². The molecule has 0 aromatic carbocycles. The fourth-order valence-electron chi connectivity index (χ4n) is 1.02. The van der Waals surface area contributed by atoms with Gasteiger partial charge in [-0.05, 0) is 22.0 Å². The first-order chi connectivity index (χ1) is 7.16. The van der Waals surface area contributed by atoms with Crippen molar-refractivity contribution in [1.29, 1.82) is 0 Å². The molecule has 5 nitrogen and oxygen atoms in total. The van der Waals surface area contributed by atoms with E-state index in [0.717, 1.165) is 3.92 Å². The zero-order valence-corrected chi connectivity index (χ0v) is 9.66. The second-order valence-corrected chi connectivity index (χ2v) is 4.78. The van der Waals surface area contributed by atoms with Crippen LogP contribution in [0.4, 0.5) is 5.69 Å². The molecular weight excluding hydrogens is 282 g/mol. The molecule has 2 heterocycles. The Morgan fingerprint density at radius 2 is 2.20 bits per heavy atom. The molecule has 0 saturated carbocycles. The molecule has 0 amide bonds. The number of hydrogen-bond donors (Lipinski definition) is 0. The maximum atomic E-state index is 10.4. The van der Waals surface area contributed by atoms with E-state index in [4.69, 9.17) is 0 Å². The summed E-state index contributed by atoms with van der Waals surface area (Å²) >= 11 is 4.68. The molecule has 0 aliphatic rings. The summed E-state index contributed by atoms with van der Waals surface area (Å²) < 4.78 is 0.762. The number of thiazole rings is 1. The molecule has 0 unspecified atom stereocenters. The van der Waals surface area contributed by atoms with Crippen molar-refractivity contribution >= 4 is 33.0 Å². The van der Waals surface area contributed by atoms with Crippen molar-refractivity contribution in [2.24, 2.45) is 0 Å². The molecule has 2 aromatic heterocycles.